The third-order valence-electron chi connectivity index (χ3n) is 5.04. The molecule has 0 fully saturated rings. The van der Waals surface area contributed by atoms with Gasteiger partial charge in [0.2, 0.25) is 0 Å². The second-order valence-corrected chi connectivity index (χ2v) is 7.47. The zero-order chi connectivity index (χ0) is 18.4. The third-order valence-corrected chi connectivity index (χ3v) is 5.04. The average Bonchev–Trinajstić information content (AvgIpc) is 2.64. The van der Waals surface area contributed by atoms with E-state index in [1.54, 1.807) is 7.11 Å². The van der Waals surface area contributed by atoms with E-state index < -0.39 is 0 Å². The molecule has 4 heteroatoms. The van der Waals surface area contributed by atoms with E-state index >= 15 is 0 Å². The van der Waals surface area contributed by atoms with Crippen molar-refractivity contribution in [1.82, 2.24) is 0 Å². The molecule has 0 aromatic rings. The molecule has 2 N–H and O–H groups in total. The first-order valence-corrected chi connectivity index (χ1v) is 11.2. The van der Waals surface area contributed by atoms with Gasteiger partial charge in [0.25, 0.3) is 0 Å². The molecule has 1 atom stereocenters. The number of halogens is 1. The molecule has 0 rings (SSSR count). The third kappa shape index (κ3) is 22.2. The van der Waals surface area contributed by atoms with E-state index in [-0.39, 0.29) is 18.5 Å². The van der Waals surface area contributed by atoms with Crippen LogP contribution in [0.2, 0.25) is 0 Å². The molecule has 0 spiro atoms. The summed E-state index contributed by atoms with van der Waals surface area (Å²) in [6, 6.07) is 0. The van der Waals surface area contributed by atoms with Crippen LogP contribution < -0.4 is 5.73 Å². The van der Waals surface area contributed by atoms with E-state index in [0.29, 0.717) is 13.2 Å². The van der Waals surface area contributed by atoms with E-state index in [4.69, 9.17) is 15.2 Å². The molecule has 0 heterocycles. The first-order valence-electron chi connectivity index (χ1n) is 11.2. The van der Waals surface area contributed by atoms with Gasteiger partial charge in [-0.3, -0.25) is 0 Å². The van der Waals surface area contributed by atoms with Gasteiger partial charge in [0.1, 0.15) is 0 Å². The predicted molar refractivity (Wildman–Crippen MR) is 117 cm³/mol. The maximum absolute atomic E-state index is 5.59. The lowest BCUT2D eigenvalue weighted by atomic mass is 10.0. The Kier molecular flexibility index (Phi) is 27.5. The smallest absolute Gasteiger partial charge is 0.0926 e. The molecule has 26 heavy (non-hydrogen) atoms. The Bertz CT molecular complexity index is 238. The highest BCUT2D eigenvalue weighted by atomic mass is 35.5. The fourth-order valence-electron chi connectivity index (χ4n) is 3.20. The number of nitrogens with two attached hydrogens (primary N) is 1. The van der Waals surface area contributed by atoms with Crippen molar-refractivity contribution in [2.75, 3.05) is 26.9 Å². The van der Waals surface area contributed by atoms with Gasteiger partial charge in [-0.25, -0.2) is 0 Å². The topological polar surface area (TPSA) is 44.5 Å². The summed E-state index contributed by atoms with van der Waals surface area (Å²) in [6.07, 6.45) is 22.5. The minimum absolute atomic E-state index is 0. The van der Waals surface area contributed by atoms with Crippen molar-refractivity contribution in [2.45, 2.75) is 116 Å². The van der Waals surface area contributed by atoms with Gasteiger partial charge in [0.05, 0.1) is 12.7 Å². The van der Waals surface area contributed by atoms with Crippen LogP contribution >= 0.6 is 12.4 Å². The van der Waals surface area contributed by atoms with Gasteiger partial charge in [-0.2, -0.15) is 0 Å². The average molecular weight is 394 g/mol. The van der Waals surface area contributed by atoms with Gasteiger partial charge in [-0.15, -0.1) is 12.4 Å². The molecule has 0 aromatic carbocycles. The van der Waals surface area contributed by atoms with Crippen LogP contribution in [0, 0.1) is 0 Å². The van der Waals surface area contributed by atoms with Crippen LogP contribution in [-0.4, -0.2) is 33.0 Å². The van der Waals surface area contributed by atoms with Crippen LogP contribution in [0.5, 0.6) is 0 Å². The van der Waals surface area contributed by atoms with Crippen molar-refractivity contribution in [3.8, 4) is 0 Å². The Hall–Kier alpha value is 0.170. The maximum atomic E-state index is 5.59. The van der Waals surface area contributed by atoms with Crippen LogP contribution in [0.1, 0.15) is 110 Å². The molecule has 160 valence electrons. The summed E-state index contributed by atoms with van der Waals surface area (Å²) in [4.78, 5) is 0. The molecule has 0 aliphatic rings. The van der Waals surface area contributed by atoms with Crippen molar-refractivity contribution in [2.24, 2.45) is 5.73 Å². The summed E-state index contributed by atoms with van der Waals surface area (Å²) in [6.45, 7) is 4.30. The van der Waals surface area contributed by atoms with Gasteiger partial charge >= 0.3 is 0 Å². The minimum atomic E-state index is 0. The molecular formula is C22H48ClNO2. The SMILES string of the molecule is CCCCCCCCCCCCCCCCCCOCC(CN)OC.Cl. The normalized spacial score (nSPS) is 12.1. The molecule has 0 amide bonds. The van der Waals surface area contributed by atoms with Crippen molar-refractivity contribution < 1.29 is 9.47 Å². The zero-order valence-electron chi connectivity index (χ0n) is 17.8. The largest absolute Gasteiger partial charge is 0.379 e. The summed E-state index contributed by atoms with van der Waals surface area (Å²) < 4.78 is 10.8. The minimum Gasteiger partial charge on any atom is -0.379 e. The summed E-state index contributed by atoms with van der Waals surface area (Å²) in [5.41, 5.74) is 5.55. The molecule has 0 radical (unpaired) electrons. The summed E-state index contributed by atoms with van der Waals surface area (Å²) in [7, 11) is 1.69. The Balaban J connectivity index is 0. The van der Waals surface area contributed by atoms with Gasteiger partial charge in [0.15, 0.2) is 0 Å². The Morgan fingerprint density at radius 3 is 1.38 bits per heavy atom. The van der Waals surface area contributed by atoms with Crippen LogP contribution in [0.15, 0.2) is 0 Å². The molecule has 1 unspecified atom stereocenters. The number of unbranched alkanes of at least 4 members (excludes halogenated alkanes) is 15. The molecule has 0 bridgehead atoms. The number of methoxy groups -OCH3 is 1. The molecule has 0 saturated heterocycles. The quantitative estimate of drug-likeness (QED) is 0.222. The number of ether oxygens (including phenoxy) is 2. The lowest BCUT2D eigenvalue weighted by Crippen LogP contribution is -2.27. The molecule has 0 saturated carbocycles. The number of hydrogen-bond acceptors (Lipinski definition) is 3. The standard InChI is InChI=1S/C22H47NO2.ClH/c1-3-4-5-6-7-8-9-10-11-12-13-14-15-16-17-18-19-25-21-22(20-23)24-2;/h22H,3-21,23H2,1-2H3;1H. The van der Waals surface area contributed by atoms with Crippen LogP contribution in [0.25, 0.3) is 0 Å². The second kappa shape index (κ2) is 25.2. The Labute approximate surface area is 170 Å². The van der Waals surface area contributed by atoms with E-state index in [1.165, 1.54) is 103 Å². The molecule has 3 nitrogen and oxygen atoms in total. The number of hydrogen-bond donors (Lipinski definition) is 1. The van der Waals surface area contributed by atoms with Gasteiger partial charge in [-0.05, 0) is 6.42 Å². The van der Waals surface area contributed by atoms with E-state index in [9.17, 15) is 0 Å². The monoisotopic (exact) mass is 393 g/mol. The molecule has 0 aromatic heterocycles. The van der Waals surface area contributed by atoms with Crippen LogP contribution in [0.4, 0.5) is 0 Å². The molecule has 0 aliphatic heterocycles. The number of rotatable bonds is 21. The van der Waals surface area contributed by atoms with Crippen molar-refractivity contribution in [3.63, 3.8) is 0 Å². The lowest BCUT2D eigenvalue weighted by molar-refractivity contribution is 0.0124. The molecule has 0 aliphatic carbocycles. The highest BCUT2D eigenvalue weighted by Gasteiger charge is 2.03. The first kappa shape index (κ1) is 28.4. The lowest BCUT2D eigenvalue weighted by Gasteiger charge is -2.12. The first-order chi connectivity index (χ1) is 12.3. The van der Waals surface area contributed by atoms with Gasteiger partial charge in [-0.1, -0.05) is 103 Å². The fraction of sp³-hybridized carbons (Fsp3) is 1.00. The maximum Gasteiger partial charge on any atom is 0.0926 e. The van der Waals surface area contributed by atoms with E-state index in [0.717, 1.165) is 6.61 Å². The summed E-state index contributed by atoms with van der Waals surface area (Å²) >= 11 is 0. The second-order valence-electron chi connectivity index (χ2n) is 7.47. The Morgan fingerprint density at radius 2 is 1.04 bits per heavy atom. The fourth-order valence-corrected chi connectivity index (χ4v) is 3.20. The highest BCUT2D eigenvalue weighted by molar-refractivity contribution is 5.85. The van der Waals surface area contributed by atoms with E-state index in [1.807, 2.05) is 0 Å². The van der Waals surface area contributed by atoms with Crippen molar-refractivity contribution >= 4 is 12.4 Å². The van der Waals surface area contributed by atoms with Gasteiger partial charge < -0.3 is 15.2 Å². The van der Waals surface area contributed by atoms with E-state index in [2.05, 4.69) is 6.92 Å². The highest BCUT2D eigenvalue weighted by Crippen LogP contribution is 2.13. The Morgan fingerprint density at radius 1 is 0.654 bits per heavy atom. The molecular weight excluding hydrogens is 346 g/mol. The summed E-state index contributed by atoms with van der Waals surface area (Å²) in [5.74, 6) is 0. The van der Waals surface area contributed by atoms with Crippen molar-refractivity contribution in [3.05, 3.63) is 0 Å². The van der Waals surface area contributed by atoms with Crippen LogP contribution in [0.3, 0.4) is 0 Å². The zero-order valence-corrected chi connectivity index (χ0v) is 18.6. The summed E-state index contributed by atoms with van der Waals surface area (Å²) in [5, 5.41) is 0. The predicted octanol–water partition coefficient (Wildman–Crippen LogP) is 6.66. The van der Waals surface area contributed by atoms with Crippen LogP contribution in [-0.2, 0) is 9.47 Å². The van der Waals surface area contributed by atoms with Crippen molar-refractivity contribution in [1.29, 1.82) is 0 Å². The van der Waals surface area contributed by atoms with Gasteiger partial charge in [0, 0.05) is 20.3 Å².